The third-order valence-electron chi connectivity index (χ3n) is 3.33. The van der Waals surface area contributed by atoms with Crippen molar-refractivity contribution >= 4 is 27.1 Å². The first-order chi connectivity index (χ1) is 11.0. The van der Waals surface area contributed by atoms with E-state index in [2.05, 4.69) is 5.32 Å². The van der Waals surface area contributed by atoms with Gasteiger partial charge in [-0.25, -0.2) is 8.42 Å². The SMILES string of the molecule is CCc1ccc(C(=O)NCc2ccc(S(=O)(=O)CCO)cc2)s1. The van der Waals surface area contributed by atoms with Gasteiger partial charge in [-0.3, -0.25) is 4.79 Å². The minimum atomic E-state index is -3.44. The highest BCUT2D eigenvalue weighted by molar-refractivity contribution is 7.91. The lowest BCUT2D eigenvalue weighted by atomic mass is 10.2. The lowest BCUT2D eigenvalue weighted by molar-refractivity contribution is 0.0955. The Labute approximate surface area is 139 Å². The lowest BCUT2D eigenvalue weighted by Gasteiger charge is -2.06. The molecule has 0 spiro atoms. The van der Waals surface area contributed by atoms with Crippen LogP contribution in [0.4, 0.5) is 0 Å². The second-order valence-electron chi connectivity index (χ2n) is 4.99. The van der Waals surface area contributed by atoms with E-state index in [-0.39, 0.29) is 16.6 Å². The molecule has 2 aromatic rings. The molecule has 0 atom stereocenters. The first kappa shape index (κ1) is 17.7. The highest BCUT2D eigenvalue weighted by Crippen LogP contribution is 2.17. The molecule has 0 aliphatic heterocycles. The molecule has 0 saturated carbocycles. The number of benzene rings is 1. The van der Waals surface area contributed by atoms with E-state index in [0.717, 1.165) is 16.9 Å². The van der Waals surface area contributed by atoms with Gasteiger partial charge in [-0.2, -0.15) is 0 Å². The van der Waals surface area contributed by atoms with Gasteiger partial charge in [-0.15, -0.1) is 11.3 Å². The van der Waals surface area contributed by atoms with E-state index < -0.39 is 16.4 Å². The van der Waals surface area contributed by atoms with Crippen LogP contribution in [-0.4, -0.2) is 31.8 Å². The van der Waals surface area contributed by atoms with Crippen LogP contribution in [0.2, 0.25) is 0 Å². The van der Waals surface area contributed by atoms with Gasteiger partial charge in [-0.1, -0.05) is 19.1 Å². The van der Waals surface area contributed by atoms with Gasteiger partial charge in [0.15, 0.2) is 9.84 Å². The summed E-state index contributed by atoms with van der Waals surface area (Å²) in [5.41, 5.74) is 0.813. The number of hydrogen-bond acceptors (Lipinski definition) is 5. The zero-order valence-electron chi connectivity index (χ0n) is 12.8. The largest absolute Gasteiger partial charge is 0.395 e. The van der Waals surface area contributed by atoms with Gasteiger partial charge >= 0.3 is 0 Å². The van der Waals surface area contributed by atoms with Crippen molar-refractivity contribution in [1.29, 1.82) is 0 Å². The average molecular weight is 353 g/mol. The summed E-state index contributed by atoms with van der Waals surface area (Å²) in [6.45, 7) is 1.97. The predicted octanol–water partition coefficient (Wildman–Crippen LogP) is 2.01. The molecule has 7 heteroatoms. The maximum atomic E-state index is 12.0. The molecule has 1 amide bonds. The van der Waals surface area contributed by atoms with Crippen LogP contribution >= 0.6 is 11.3 Å². The Balaban J connectivity index is 1.97. The molecule has 0 aliphatic rings. The first-order valence-corrected chi connectivity index (χ1v) is 9.72. The minimum absolute atomic E-state index is 0.133. The van der Waals surface area contributed by atoms with Gasteiger partial charge in [0, 0.05) is 11.4 Å². The molecule has 0 fully saturated rings. The molecule has 1 aromatic heterocycles. The number of rotatable bonds is 7. The van der Waals surface area contributed by atoms with Crippen molar-refractivity contribution in [3.8, 4) is 0 Å². The van der Waals surface area contributed by atoms with E-state index >= 15 is 0 Å². The fraction of sp³-hybridized carbons (Fsp3) is 0.312. The fourth-order valence-electron chi connectivity index (χ4n) is 2.01. The van der Waals surface area contributed by atoms with E-state index in [9.17, 15) is 13.2 Å². The Morgan fingerprint density at radius 1 is 1.17 bits per heavy atom. The number of carbonyl (C=O) groups is 1. The van der Waals surface area contributed by atoms with Crippen molar-refractivity contribution in [3.05, 3.63) is 51.7 Å². The molecule has 23 heavy (non-hydrogen) atoms. The van der Waals surface area contributed by atoms with Crippen molar-refractivity contribution in [3.63, 3.8) is 0 Å². The number of sulfone groups is 1. The summed E-state index contributed by atoms with van der Waals surface area (Å²) in [5, 5.41) is 11.6. The maximum absolute atomic E-state index is 12.0. The number of carbonyl (C=O) groups excluding carboxylic acids is 1. The molecule has 0 bridgehead atoms. The van der Waals surface area contributed by atoms with Crippen LogP contribution in [0.1, 0.15) is 27.0 Å². The summed E-state index contributed by atoms with van der Waals surface area (Å²) in [5.74, 6) is -0.423. The normalized spacial score (nSPS) is 11.4. The van der Waals surface area contributed by atoms with Gasteiger partial charge in [0.2, 0.25) is 0 Å². The predicted molar refractivity (Wildman–Crippen MR) is 90.4 cm³/mol. The van der Waals surface area contributed by atoms with E-state index in [0.29, 0.717) is 11.4 Å². The fourth-order valence-corrected chi connectivity index (χ4v) is 3.90. The molecule has 1 heterocycles. The van der Waals surface area contributed by atoms with Crippen LogP contribution in [0.25, 0.3) is 0 Å². The summed E-state index contributed by atoms with van der Waals surface area (Å²) in [7, 11) is -3.44. The standard InChI is InChI=1S/C16H19NO4S2/c1-2-13-5-8-15(22-13)16(19)17-11-12-3-6-14(7-4-12)23(20,21)10-9-18/h3-8,18H,2,9-11H2,1H3,(H,17,19). The molecule has 124 valence electrons. The van der Waals surface area contributed by atoms with Crippen molar-refractivity contribution in [2.45, 2.75) is 24.8 Å². The Morgan fingerprint density at radius 2 is 1.87 bits per heavy atom. The van der Waals surface area contributed by atoms with Gasteiger partial charge in [0.05, 0.1) is 22.1 Å². The Bertz CT molecular complexity index is 764. The van der Waals surface area contributed by atoms with Crippen LogP contribution in [0.5, 0.6) is 0 Å². The van der Waals surface area contributed by atoms with Crippen LogP contribution in [0.3, 0.4) is 0 Å². The number of aryl methyl sites for hydroxylation is 1. The summed E-state index contributed by atoms with van der Waals surface area (Å²) in [6.07, 6.45) is 0.904. The Hall–Kier alpha value is -1.70. The number of aliphatic hydroxyl groups is 1. The third kappa shape index (κ3) is 4.63. The monoisotopic (exact) mass is 353 g/mol. The van der Waals surface area contributed by atoms with Gasteiger partial charge < -0.3 is 10.4 Å². The van der Waals surface area contributed by atoms with E-state index in [4.69, 9.17) is 5.11 Å². The van der Waals surface area contributed by atoms with Crippen molar-refractivity contribution in [2.24, 2.45) is 0 Å². The van der Waals surface area contributed by atoms with E-state index in [1.54, 1.807) is 12.1 Å². The van der Waals surface area contributed by atoms with Gasteiger partial charge in [0.25, 0.3) is 5.91 Å². The molecular formula is C16H19NO4S2. The second-order valence-corrected chi connectivity index (χ2v) is 8.27. The molecule has 0 aliphatic carbocycles. The zero-order chi connectivity index (χ0) is 16.9. The summed E-state index contributed by atoms with van der Waals surface area (Å²) in [4.78, 5) is 14.0. The van der Waals surface area contributed by atoms with Crippen molar-refractivity contribution < 1.29 is 18.3 Å². The van der Waals surface area contributed by atoms with Gasteiger partial charge in [-0.05, 0) is 36.2 Å². The third-order valence-corrected chi connectivity index (χ3v) is 6.27. The highest BCUT2D eigenvalue weighted by atomic mass is 32.2. The topological polar surface area (TPSA) is 83.5 Å². The van der Waals surface area contributed by atoms with Crippen LogP contribution < -0.4 is 5.32 Å². The van der Waals surface area contributed by atoms with Crippen LogP contribution in [-0.2, 0) is 22.8 Å². The lowest BCUT2D eigenvalue weighted by Crippen LogP contribution is -2.21. The Kier molecular flexibility index (Phi) is 5.92. The van der Waals surface area contributed by atoms with E-state index in [1.165, 1.54) is 23.5 Å². The molecule has 5 nitrogen and oxygen atoms in total. The van der Waals surface area contributed by atoms with Gasteiger partial charge in [0.1, 0.15) is 0 Å². The average Bonchev–Trinajstić information content (AvgIpc) is 3.02. The van der Waals surface area contributed by atoms with Crippen LogP contribution in [0.15, 0.2) is 41.3 Å². The second kappa shape index (κ2) is 7.72. The zero-order valence-corrected chi connectivity index (χ0v) is 14.4. The molecule has 1 aromatic carbocycles. The summed E-state index contributed by atoms with van der Waals surface area (Å²) in [6, 6.07) is 10.1. The molecule has 0 saturated heterocycles. The van der Waals surface area contributed by atoms with Crippen LogP contribution in [0, 0.1) is 0 Å². The number of thiophene rings is 1. The molecule has 0 unspecified atom stereocenters. The maximum Gasteiger partial charge on any atom is 0.261 e. The van der Waals surface area contributed by atoms with Crippen molar-refractivity contribution in [2.75, 3.05) is 12.4 Å². The quantitative estimate of drug-likeness (QED) is 0.797. The first-order valence-electron chi connectivity index (χ1n) is 7.25. The minimum Gasteiger partial charge on any atom is -0.395 e. The number of amides is 1. The highest BCUT2D eigenvalue weighted by Gasteiger charge is 2.13. The molecule has 2 rings (SSSR count). The molecular weight excluding hydrogens is 334 g/mol. The molecule has 0 radical (unpaired) electrons. The summed E-state index contributed by atoms with van der Waals surface area (Å²) >= 11 is 1.47. The molecule has 2 N–H and O–H groups in total. The van der Waals surface area contributed by atoms with E-state index in [1.807, 2.05) is 19.1 Å². The smallest absolute Gasteiger partial charge is 0.261 e. The Morgan fingerprint density at radius 3 is 2.43 bits per heavy atom. The number of aliphatic hydroxyl groups excluding tert-OH is 1. The van der Waals surface area contributed by atoms with Crippen molar-refractivity contribution in [1.82, 2.24) is 5.32 Å². The number of nitrogens with one attached hydrogen (secondary N) is 1. The summed E-state index contributed by atoms with van der Waals surface area (Å²) < 4.78 is 23.6. The number of hydrogen-bond donors (Lipinski definition) is 2.